The van der Waals surface area contributed by atoms with E-state index in [9.17, 15) is 45.1 Å². The second kappa shape index (κ2) is 18.1. The van der Waals surface area contributed by atoms with Crippen LogP contribution in [-0.2, 0) is 23.8 Å². The van der Waals surface area contributed by atoms with Crippen LogP contribution in [-0.4, -0.2) is 135 Å². The molecule has 9 atom stereocenters. The van der Waals surface area contributed by atoms with E-state index >= 15 is 0 Å². The number of hydrazine groups is 1. The molecule has 17 nitrogen and oxygen atoms in total. The van der Waals surface area contributed by atoms with Crippen LogP contribution in [0.15, 0.2) is 36.1 Å². The highest BCUT2D eigenvalue weighted by molar-refractivity contribution is 6.23. The van der Waals surface area contributed by atoms with Gasteiger partial charge in [0.1, 0.15) is 34.6 Å². The average Bonchev–Trinajstić information content (AvgIpc) is 3.47. The van der Waals surface area contributed by atoms with E-state index < -0.39 is 94.5 Å². The number of fused-ring (bicyclic) bond motifs is 14. The van der Waals surface area contributed by atoms with Gasteiger partial charge in [-0.1, -0.05) is 50.8 Å². The van der Waals surface area contributed by atoms with Gasteiger partial charge in [0.2, 0.25) is 6.21 Å². The van der Waals surface area contributed by atoms with Gasteiger partial charge in [-0.2, -0.15) is 5.01 Å². The van der Waals surface area contributed by atoms with Crippen LogP contribution in [0.5, 0.6) is 23.0 Å². The van der Waals surface area contributed by atoms with Crippen molar-refractivity contribution in [1.29, 1.82) is 0 Å². The topological polar surface area (TPSA) is 234 Å². The Bertz CT molecular complexity index is 2120. The zero-order valence-electron chi connectivity index (χ0n) is 35.8. The maximum atomic E-state index is 14.4. The summed E-state index contributed by atoms with van der Waals surface area (Å²) < 4.78 is 23.5. The van der Waals surface area contributed by atoms with Crippen LogP contribution in [0.1, 0.15) is 70.0 Å². The van der Waals surface area contributed by atoms with Gasteiger partial charge in [-0.15, -0.1) is 0 Å². The van der Waals surface area contributed by atoms with Gasteiger partial charge in [0.05, 0.1) is 48.6 Å². The molecule has 0 radical (unpaired) electrons. The molecule has 0 aliphatic carbocycles. The minimum absolute atomic E-state index is 0.00572. The quantitative estimate of drug-likeness (QED) is 0.0488. The molecule has 0 spiro atoms. The first-order valence-corrected chi connectivity index (χ1v) is 20.0. The van der Waals surface area contributed by atoms with E-state index in [0.717, 1.165) is 6.21 Å². The van der Waals surface area contributed by atoms with Crippen LogP contribution in [0, 0.1) is 35.8 Å². The summed E-state index contributed by atoms with van der Waals surface area (Å²) in [6, 6.07) is 0. The molecule has 2 aromatic carbocycles. The number of carbonyl (C=O) groups excluding carboxylic acids is 3. The lowest BCUT2D eigenvalue weighted by molar-refractivity contribution is -0.636. The summed E-state index contributed by atoms with van der Waals surface area (Å²) in [5, 5.41) is 75.4. The Morgan fingerprint density at radius 1 is 0.967 bits per heavy atom. The summed E-state index contributed by atoms with van der Waals surface area (Å²) in [6.07, 6.45) is 4.29. The number of piperazine rings is 1. The molecule has 1 saturated heterocycles. The summed E-state index contributed by atoms with van der Waals surface area (Å²) in [4.78, 5) is 43.1. The number of aromatic hydroxyl groups is 3. The maximum Gasteiger partial charge on any atom is 0.312 e. The van der Waals surface area contributed by atoms with E-state index in [1.54, 1.807) is 39.8 Å². The molecule has 6 rings (SSSR count). The number of amides is 1. The number of rotatable bonds is 4. The van der Waals surface area contributed by atoms with Crippen molar-refractivity contribution in [1.82, 2.24) is 9.91 Å². The molecule has 4 heterocycles. The summed E-state index contributed by atoms with van der Waals surface area (Å²) in [5.41, 5.74) is -0.917. The fourth-order valence-electron chi connectivity index (χ4n) is 8.06. The number of Topliss-reactive ketones (excluding diaryl/α,β-unsaturated/α-hetero) is 1. The zero-order valence-corrected chi connectivity index (χ0v) is 35.8. The fourth-order valence-corrected chi connectivity index (χ4v) is 8.06. The molecule has 0 aromatic heterocycles. The highest BCUT2D eigenvalue weighted by Gasteiger charge is 2.50. The van der Waals surface area contributed by atoms with Gasteiger partial charge in [0, 0.05) is 74.2 Å². The SMILES string of the molecule is CO[C@H]1/C=C\O[C@@]2(C)Oc3c(C)c(O)c4c(O)c(c(C=[N+]([O-])N5CCN(C)CC5)c(O)c4c3C2=O)NC(=O)/C(C)=C\C=C[C@H](C)[C@H](O)[C@@H](C)[C@@H](O)[C@@H](C)[C@H](OC(C)=O)[C@@H]1C. The van der Waals surface area contributed by atoms with Crippen molar-refractivity contribution in [3.8, 4) is 23.0 Å². The van der Waals surface area contributed by atoms with Gasteiger partial charge in [-0.25, -0.2) is 0 Å². The van der Waals surface area contributed by atoms with Gasteiger partial charge >= 0.3 is 11.8 Å². The fraction of sp³-hybridized carbons (Fsp3) is 0.535. The smallest absolute Gasteiger partial charge is 0.312 e. The van der Waals surface area contributed by atoms with Crippen molar-refractivity contribution in [3.05, 3.63) is 58.0 Å². The predicted molar refractivity (Wildman–Crippen MR) is 222 cm³/mol. The molecule has 2 aromatic rings. The average molecular weight is 839 g/mol. The van der Waals surface area contributed by atoms with Crippen molar-refractivity contribution in [2.45, 2.75) is 85.6 Å². The van der Waals surface area contributed by atoms with E-state index in [0.29, 0.717) is 31.0 Å². The van der Waals surface area contributed by atoms with Crippen molar-refractivity contribution < 1.29 is 63.7 Å². The molecule has 0 unspecified atom stereocenters. The van der Waals surface area contributed by atoms with E-state index in [1.165, 1.54) is 58.2 Å². The van der Waals surface area contributed by atoms with Crippen molar-refractivity contribution in [3.63, 3.8) is 0 Å². The Morgan fingerprint density at radius 3 is 2.23 bits per heavy atom. The number of hydrazone groups is 1. The number of hydrogen-bond donors (Lipinski definition) is 6. The monoisotopic (exact) mass is 838 g/mol. The number of anilines is 1. The van der Waals surface area contributed by atoms with E-state index in [-0.39, 0.29) is 38.8 Å². The Balaban J connectivity index is 1.73. The molecular weight excluding hydrogens is 780 g/mol. The minimum Gasteiger partial charge on any atom is -0.596 e. The second-order valence-corrected chi connectivity index (χ2v) is 16.3. The number of aliphatic hydroxyl groups excluding tert-OH is 2. The Hall–Kier alpha value is -5.36. The molecule has 1 amide bonds. The number of methoxy groups -OCH3 is 1. The first-order valence-electron chi connectivity index (χ1n) is 20.0. The van der Waals surface area contributed by atoms with Gasteiger partial charge in [0.25, 0.3) is 11.7 Å². The number of esters is 1. The van der Waals surface area contributed by atoms with Crippen molar-refractivity contribution in [2.24, 2.45) is 23.7 Å². The normalized spacial score (nSPS) is 31.4. The van der Waals surface area contributed by atoms with Crippen LogP contribution in [0.2, 0.25) is 0 Å². The number of aliphatic hydroxyl groups is 2. The highest BCUT2D eigenvalue weighted by atomic mass is 16.7. The lowest BCUT2D eigenvalue weighted by Crippen LogP contribution is -2.47. The largest absolute Gasteiger partial charge is 0.596 e. The number of carbonyl (C=O) groups is 3. The molecule has 0 saturated carbocycles. The van der Waals surface area contributed by atoms with Crippen LogP contribution < -0.4 is 10.1 Å². The summed E-state index contributed by atoms with van der Waals surface area (Å²) in [7, 11) is 3.33. The molecule has 1 fully saturated rings. The number of ketones is 1. The van der Waals surface area contributed by atoms with Gasteiger partial charge < -0.3 is 59.9 Å². The number of hydrogen-bond acceptors (Lipinski definition) is 15. The molecule has 17 heteroatoms. The Labute approximate surface area is 349 Å². The van der Waals surface area contributed by atoms with Crippen molar-refractivity contribution >= 4 is 40.3 Å². The first-order chi connectivity index (χ1) is 28.1. The predicted octanol–water partition coefficient (Wildman–Crippen LogP) is 3.85. The Morgan fingerprint density at radius 2 is 1.62 bits per heavy atom. The lowest BCUT2D eigenvalue weighted by Gasteiger charge is -2.38. The molecular formula is C43H58N4O13. The van der Waals surface area contributed by atoms with Crippen LogP contribution in [0.3, 0.4) is 0 Å². The van der Waals surface area contributed by atoms with Crippen LogP contribution in [0.25, 0.3) is 10.8 Å². The minimum atomic E-state index is -2.10. The molecule has 328 valence electrons. The van der Waals surface area contributed by atoms with Crippen molar-refractivity contribution in [2.75, 3.05) is 45.7 Å². The molecule has 4 aliphatic heterocycles. The third-order valence-corrected chi connectivity index (χ3v) is 12.0. The standard InChI is InChI=1S/C43H58N4O13/c1-21-12-11-13-22(2)42(55)44-33-28(20-47(56)46-17-15-45(9)16-18-46)37(52)30-31(38(33)53)36(51)26(6)40-32(30)41(54)43(8,60-40)58-19-14-29(57-10)23(3)39(59-27(7)48)25(5)35(50)24(4)34(21)49/h11-14,19-21,23-25,29,34-35,39,49-53H,15-18H2,1-10H3,(H,44,55)/b12-11?,19-14-,22-13-,47-20?/t21-,23+,24+,25+,29-,34-,35+,39+,43-/m0/s1. The number of likely N-dealkylation sites (N-methyl/N-ethyl adjacent to an activating group) is 1. The van der Waals surface area contributed by atoms with E-state index in [2.05, 4.69) is 5.32 Å². The summed E-state index contributed by atoms with van der Waals surface area (Å²) in [5.74, 6) is -9.04. The van der Waals surface area contributed by atoms with Crippen LogP contribution >= 0.6 is 0 Å². The number of phenols is 3. The third-order valence-electron chi connectivity index (χ3n) is 12.0. The second-order valence-electron chi connectivity index (χ2n) is 16.3. The molecule has 4 aliphatic rings. The molecule has 5 bridgehead atoms. The van der Waals surface area contributed by atoms with Gasteiger partial charge in [-0.05, 0) is 27.0 Å². The van der Waals surface area contributed by atoms with E-state index in [4.69, 9.17) is 18.9 Å². The highest BCUT2D eigenvalue weighted by Crippen LogP contribution is 2.55. The van der Waals surface area contributed by atoms with Gasteiger partial charge in [-0.3, -0.25) is 14.4 Å². The first kappa shape index (κ1) is 45.7. The lowest BCUT2D eigenvalue weighted by atomic mass is 9.78. The number of phenolic OH excluding ortho intramolecular Hbond substituents is 3. The zero-order chi connectivity index (χ0) is 44.5. The number of nitrogens with zero attached hydrogens (tertiary/aromatic N) is 3. The van der Waals surface area contributed by atoms with Crippen LogP contribution in [0.4, 0.5) is 5.69 Å². The molecule has 6 N–H and O–H groups in total. The molecule has 60 heavy (non-hydrogen) atoms. The number of benzene rings is 2. The Kier molecular flexibility index (Phi) is 13.8. The number of ether oxygens (including phenoxy) is 4. The van der Waals surface area contributed by atoms with Gasteiger partial charge in [0.15, 0.2) is 5.75 Å². The van der Waals surface area contributed by atoms with E-state index in [1.807, 2.05) is 11.9 Å². The number of nitrogens with one attached hydrogen (secondary N) is 1. The summed E-state index contributed by atoms with van der Waals surface area (Å²) >= 11 is 0. The third kappa shape index (κ3) is 8.75. The maximum absolute atomic E-state index is 14.4. The summed E-state index contributed by atoms with van der Waals surface area (Å²) in [6.45, 7) is 14.1. The number of allylic oxidation sites excluding steroid dienone is 2.